The van der Waals surface area contributed by atoms with Crippen molar-refractivity contribution in [1.29, 1.82) is 0 Å². The summed E-state index contributed by atoms with van der Waals surface area (Å²) >= 11 is 0. The Bertz CT molecular complexity index is 1320. The minimum Gasteiger partial charge on any atom is -0.486 e. The minimum absolute atomic E-state index is 0.220. The molecule has 1 N–H and O–H groups in total. The third-order valence-corrected chi connectivity index (χ3v) is 6.83. The molecule has 0 radical (unpaired) electrons. The van der Waals surface area contributed by atoms with Gasteiger partial charge in [0.05, 0.1) is 12.0 Å². The van der Waals surface area contributed by atoms with Crippen LogP contribution in [0.2, 0.25) is 0 Å². The maximum atomic E-state index is 13.3. The molecule has 0 amide bonds. The van der Waals surface area contributed by atoms with Gasteiger partial charge in [-0.1, -0.05) is 50.2 Å². The molecule has 3 aromatic rings. The fourth-order valence-corrected chi connectivity index (χ4v) is 4.63. The van der Waals surface area contributed by atoms with Crippen molar-refractivity contribution in [2.45, 2.75) is 45.8 Å². The van der Waals surface area contributed by atoms with Gasteiger partial charge in [0.2, 0.25) is 0 Å². The molecule has 0 spiro atoms. The quantitative estimate of drug-likeness (QED) is 0.334. The lowest BCUT2D eigenvalue weighted by atomic mass is 9.85. The van der Waals surface area contributed by atoms with Crippen LogP contribution in [0.25, 0.3) is 11.1 Å². The Morgan fingerprint density at radius 2 is 1.71 bits per heavy atom. The van der Waals surface area contributed by atoms with Gasteiger partial charge in [0, 0.05) is 24.2 Å². The maximum absolute atomic E-state index is 13.3. The highest BCUT2D eigenvalue weighted by Crippen LogP contribution is 2.36. The number of halogens is 3. The molecule has 0 atom stereocenters. The number of carboxylic acids is 1. The number of carbonyl (C=O) groups excluding carboxylic acids is 1. The van der Waals surface area contributed by atoms with Crippen molar-refractivity contribution in [1.82, 2.24) is 0 Å². The number of Topliss-reactive ketones (excluding diaryl/α,β-unsaturated/α-hetero) is 1. The van der Waals surface area contributed by atoms with Crippen molar-refractivity contribution in [3.8, 4) is 16.9 Å². The van der Waals surface area contributed by atoms with Gasteiger partial charge >= 0.3 is 12.1 Å². The van der Waals surface area contributed by atoms with Crippen molar-refractivity contribution in [3.05, 3.63) is 83.4 Å². The van der Waals surface area contributed by atoms with Gasteiger partial charge in [-0.25, -0.2) is 0 Å². The highest BCUT2D eigenvalue weighted by Gasteiger charge is 2.32. The molecular formula is C30H30F3NO4. The van der Waals surface area contributed by atoms with Gasteiger partial charge in [0.1, 0.15) is 12.4 Å². The molecule has 3 aromatic carbocycles. The molecule has 0 aromatic heterocycles. The first-order valence-electron chi connectivity index (χ1n) is 12.4. The van der Waals surface area contributed by atoms with Gasteiger partial charge in [-0.2, -0.15) is 13.2 Å². The minimum atomic E-state index is -4.38. The lowest BCUT2D eigenvalue weighted by molar-refractivity contribution is -0.144. The van der Waals surface area contributed by atoms with E-state index in [2.05, 4.69) is 0 Å². The molecule has 200 valence electrons. The maximum Gasteiger partial charge on any atom is 0.416 e. The molecule has 8 heteroatoms. The fourth-order valence-electron chi connectivity index (χ4n) is 4.63. The predicted molar refractivity (Wildman–Crippen MR) is 139 cm³/mol. The summed E-state index contributed by atoms with van der Waals surface area (Å²) in [5.41, 5.74) is 2.78. The Morgan fingerprint density at radius 1 is 0.974 bits per heavy atom. The number of ether oxygens (including phenoxy) is 1. The van der Waals surface area contributed by atoms with E-state index in [1.807, 2.05) is 41.3 Å². The summed E-state index contributed by atoms with van der Waals surface area (Å²) in [6.07, 6.45) is -3.00. The van der Waals surface area contributed by atoms with Crippen molar-refractivity contribution in [2.24, 2.45) is 5.41 Å². The molecule has 0 unspecified atom stereocenters. The second-order valence-electron chi connectivity index (χ2n) is 10.3. The summed E-state index contributed by atoms with van der Waals surface area (Å²) in [5.74, 6) is -0.835. The molecule has 1 aliphatic heterocycles. The Labute approximate surface area is 219 Å². The number of rotatable bonds is 9. The zero-order valence-corrected chi connectivity index (χ0v) is 21.3. The molecule has 1 heterocycles. The highest BCUT2D eigenvalue weighted by molar-refractivity contribution is 5.89. The number of nitrogens with zero attached hydrogens (tertiary/aromatic N) is 1. The highest BCUT2D eigenvalue weighted by atomic mass is 19.4. The molecule has 5 nitrogen and oxygen atoms in total. The van der Waals surface area contributed by atoms with Crippen molar-refractivity contribution in [2.75, 3.05) is 18.1 Å². The molecule has 0 bridgehead atoms. The number of carboxylic acid groups (broad SMARTS) is 1. The Balaban J connectivity index is 1.44. The summed E-state index contributed by atoms with van der Waals surface area (Å²) in [5, 5.41) is 8.98. The van der Waals surface area contributed by atoms with Crippen LogP contribution < -0.4 is 9.64 Å². The summed E-state index contributed by atoms with van der Waals surface area (Å²) in [4.78, 5) is 25.3. The van der Waals surface area contributed by atoms with Crippen LogP contribution in [0.15, 0.2) is 66.7 Å². The Morgan fingerprint density at radius 3 is 2.39 bits per heavy atom. The van der Waals surface area contributed by atoms with Gasteiger partial charge in [0.25, 0.3) is 0 Å². The molecule has 38 heavy (non-hydrogen) atoms. The molecular weight excluding hydrogens is 495 g/mol. The summed E-state index contributed by atoms with van der Waals surface area (Å²) in [6.45, 7) is 4.13. The monoisotopic (exact) mass is 525 g/mol. The first kappa shape index (κ1) is 27.2. The van der Waals surface area contributed by atoms with Crippen LogP contribution in [0, 0.1) is 5.41 Å². The summed E-state index contributed by atoms with van der Waals surface area (Å²) < 4.78 is 45.5. The average molecular weight is 526 g/mol. The normalized spacial score (nSPS) is 13.7. The standard InChI is InChI=1S/C30H30F3NO4/c1-29(2,17-28(36)37)27(35)19-38-25-12-9-21(10-13-25)23-6-3-5-20(15-23)18-34-14-4-7-22-8-11-24(16-26(22)34)30(31,32)33/h3,5-6,8-13,15-16H,4,7,14,17-19H2,1-2H3,(H,36,37). The first-order valence-corrected chi connectivity index (χ1v) is 12.4. The second-order valence-corrected chi connectivity index (χ2v) is 10.3. The number of hydrogen-bond acceptors (Lipinski definition) is 4. The van der Waals surface area contributed by atoms with E-state index in [0.29, 0.717) is 24.5 Å². The SMILES string of the molecule is CC(C)(CC(=O)O)C(=O)COc1ccc(-c2cccc(CN3CCCc4ccc(C(F)(F)F)cc43)c2)cc1. The van der Waals surface area contributed by atoms with Gasteiger partial charge in [-0.05, 0) is 65.4 Å². The number of aliphatic carboxylic acids is 1. The largest absolute Gasteiger partial charge is 0.486 e. The zero-order chi connectivity index (χ0) is 27.5. The molecule has 0 saturated heterocycles. The van der Waals surface area contributed by atoms with E-state index in [0.717, 1.165) is 41.2 Å². The number of fused-ring (bicyclic) bond motifs is 1. The number of alkyl halides is 3. The molecule has 0 aliphatic carbocycles. The molecule has 4 rings (SSSR count). The first-order chi connectivity index (χ1) is 17.9. The number of ketones is 1. The fraction of sp³-hybridized carbons (Fsp3) is 0.333. The van der Waals surface area contributed by atoms with Crippen molar-refractivity contribution in [3.63, 3.8) is 0 Å². The zero-order valence-electron chi connectivity index (χ0n) is 21.3. The Kier molecular flexibility index (Phi) is 7.81. The van der Waals surface area contributed by atoms with E-state index in [-0.39, 0.29) is 18.8 Å². The molecule has 0 saturated carbocycles. The van der Waals surface area contributed by atoms with E-state index in [1.165, 1.54) is 6.07 Å². The van der Waals surface area contributed by atoms with Crippen molar-refractivity contribution >= 4 is 17.4 Å². The topological polar surface area (TPSA) is 66.8 Å². The summed E-state index contributed by atoms with van der Waals surface area (Å²) in [7, 11) is 0. The number of hydrogen-bond donors (Lipinski definition) is 1. The van der Waals surface area contributed by atoms with Gasteiger partial charge in [0.15, 0.2) is 5.78 Å². The van der Waals surface area contributed by atoms with Gasteiger partial charge in [-0.15, -0.1) is 0 Å². The van der Waals surface area contributed by atoms with E-state index in [1.54, 1.807) is 32.0 Å². The smallest absolute Gasteiger partial charge is 0.416 e. The lowest BCUT2D eigenvalue weighted by Gasteiger charge is -2.32. The van der Waals surface area contributed by atoms with Crippen molar-refractivity contribution < 1.29 is 32.6 Å². The third-order valence-electron chi connectivity index (χ3n) is 6.83. The number of carbonyl (C=O) groups is 2. The van der Waals surface area contributed by atoms with Crippen LogP contribution in [0.4, 0.5) is 18.9 Å². The second kappa shape index (κ2) is 10.9. The number of anilines is 1. The summed E-state index contributed by atoms with van der Waals surface area (Å²) in [6, 6.07) is 19.1. The van der Waals surface area contributed by atoms with Crippen LogP contribution in [0.5, 0.6) is 5.75 Å². The van der Waals surface area contributed by atoms with E-state index < -0.39 is 23.1 Å². The Hall–Kier alpha value is -3.81. The average Bonchev–Trinajstić information content (AvgIpc) is 2.86. The van der Waals surface area contributed by atoms with E-state index >= 15 is 0 Å². The van der Waals surface area contributed by atoms with Crippen LogP contribution in [0.1, 0.15) is 43.4 Å². The van der Waals surface area contributed by atoms with Crippen LogP contribution in [-0.2, 0) is 28.7 Å². The van der Waals surface area contributed by atoms with E-state index in [4.69, 9.17) is 9.84 Å². The third kappa shape index (κ3) is 6.54. The molecule has 1 aliphatic rings. The van der Waals surface area contributed by atoms with Crippen LogP contribution in [0.3, 0.4) is 0 Å². The molecule has 0 fully saturated rings. The van der Waals surface area contributed by atoms with Crippen LogP contribution >= 0.6 is 0 Å². The van der Waals surface area contributed by atoms with Gasteiger partial charge in [-0.3, -0.25) is 9.59 Å². The predicted octanol–water partition coefficient (Wildman–Crippen LogP) is 6.77. The lowest BCUT2D eigenvalue weighted by Crippen LogP contribution is -2.31. The van der Waals surface area contributed by atoms with Crippen LogP contribution in [-0.4, -0.2) is 30.0 Å². The number of benzene rings is 3. The van der Waals surface area contributed by atoms with Gasteiger partial charge < -0.3 is 14.7 Å². The number of aryl methyl sites for hydroxylation is 1. The van der Waals surface area contributed by atoms with E-state index in [9.17, 15) is 22.8 Å².